The van der Waals surface area contributed by atoms with Crippen molar-refractivity contribution in [3.8, 4) is 0 Å². The van der Waals surface area contributed by atoms with E-state index < -0.39 is 0 Å². The standard InChI is InChI=1S/C10H20O2/c1-3-5-6-9(4-2)10-11-7-8-12-10/h9-10H,3-8H2,1-2H3. The maximum atomic E-state index is 5.48. The molecule has 1 atom stereocenters. The summed E-state index contributed by atoms with van der Waals surface area (Å²) in [6.45, 7) is 6.01. The monoisotopic (exact) mass is 172 g/mol. The summed E-state index contributed by atoms with van der Waals surface area (Å²) in [5, 5.41) is 0. The van der Waals surface area contributed by atoms with E-state index in [-0.39, 0.29) is 6.29 Å². The van der Waals surface area contributed by atoms with Crippen molar-refractivity contribution in [2.24, 2.45) is 5.92 Å². The van der Waals surface area contributed by atoms with Crippen LogP contribution in [0.4, 0.5) is 0 Å². The van der Waals surface area contributed by atoms with E-state index >= 15 is 0 Å². The van der Waals surface area contributed by atoms with Gasteiger partial charge in [0.15, 0.2) is 6.29 Å². The minimum Gasteiger partial charge on any atom is -0.350 e. The molecular weight excluding hydrogens is 152 g/mol. The summed E-state index contributed by atoms with van der Waals surface area (Å²) in [5.41, 5.74) is 0. The van der Waals surface area contributed by atoms with Crippen molar-refractivity contribution in [3.05, 3.63) is 0 Å². The molecule has 1 heterocycles. The first-order chi connectivity index (χ1) is 5.88. The topological polar surface area (TPSA) is 18.5 Å². The van der Waals surface area contributed by atoms with E-state index in [1.54, 1.807) is 0 Å². The summed E-state index contributed by atoms with van der Waals surface area (Å²) >= 11 is 0. The van der Waals surface area contributed by atoms with Crippen molar-refractivity contribution in [1.82, 2.24) is 0 Å². The van der Waals surface area contributed by atoms with Crippen molar-refractivity contribution in [1.29, 1.82) is 0 Å². The molecule has 72 valence electrons. The smallest absolute Gasteiger partial charge is 0.160 e. The highest BCUT2D eigenvalue weighted by molar-refractivity contribution is 4.64. The van der Waals surface area contributed by atoms with Crippen molar-refractivity contribution >= 4 is 0 Å². The van der Waals surface area contributed by atoms with E-state index in [4.69, 9.17) is 9.47 Å². The Kier molecular flexibility index (Phi) is 4.62. The van der Waals surface area contributed by atoms with E-state index in [9.17, 15) is 0 Å². The molecule has 1 fully saturated rings. The van der Waals surface area contributed by atoms with Crippen LogP contribution in [0, 0.1) is 5.92 Å². The molecule has 2 nitrogen and oxygen atoms in total. The fraction of sp³-hybridized carbons (Fsp3) is 1.00. The third kappa shape index (κ3) is 2.76. The van der Waals surface area contributed by atoms with Crippen LogP contribution in [-0.2, 0) is 9.47 Å². The zero-order chi connectivity index (χ0) is 8.81. The van der Waals surface area contributed by atoms with Gasteiger partial charge in [0.1, 0.15) is 0 Å². The SMILES string of the molecule is CCCCC(CC)C1OCCO1. The van der Waals surface area contributed by atoms with Gasteiger partial charge in [0.05, 0.1) is 13.2 Å². The molecule has 1 aliphatic heterocycles. The van der Waals surface area contributed by atoms with Gasteiger partial charge in [-0.05, 0) is 12.8 Å². The van der Waals surface area contributed by atoms with Gasteiger partial charge < -0.3 is 9.47 Å². The molecule has 0 aromatic heterocycles. The summed E-state index contributed by atoms with van der Waals surface area (Å²) in [6.07, 6.45) is 5.08. The number of ether oxygens (including phenoxy) is 2. The second-order valence-electron chi connectivity index (χ2n) is 3.42. The second-order valence-corrected chi connectivity index (χ2v) is 3.42. The highest BCUT2D eigenvalue weighted by atomic mass is 16.7. The largest absolute Gasteiger partial charge is 0.350 e. The number of unbranched alkanes of at least 4 members (excludes halogenated alkanes) is 1. The Labute approximate surface area is 75.2 Å². The molecule has 0 aromatic carbocycles. The van der Waals surface area contributed by atoms with Crippen LogP contribution in [0.5, 0.6) is 0 Å². The van der Waals surface area contributed by atoms with Gasteiger partial charge in [-0.1, -0.05) is 26.7 Å². The molecule has 0 bridgehead atoms. The Bertz CT molecular complexity index is 108. The fourth-order valence-electron chi connectivity index (χ4n) is 1.65. The lowest BCUT2D eigenvalue weighted by atomic mass is 9.99. The number of hydrogen-bond acceptors (Lipinski definition) is 2. The van der Waals surface area contributed by atoms with Gasteiger partial charge in [-0.2, -0.15) is 0 Å². The Morgan fingerprint density at radius 2 is 1.92 bits per heavy atom. The first-order valence-corrected chi connectivity index (χ1v) is 5.11. The van der Waals surface area contributed by atoms with E-state index in [0.717, 1.165) is 13.2 Å². The Morgan fingerprint density at radius 1 is 1.25 bits per heavy atom. The van der Waals surface area contributed by atoms with Crippen LogP contribution in [0.15, 0.2) is 0 Å². The lowest BCUT2D eigenvalue weighted by Crippen LogP contribution is -2.20. The quantitative estimate of drug-likeness (QED) is 0.634. The van der Waals surface area contributed by atoms with Crippen LogP contribution in [0.2, 0.25) is 0 Å². The molecule has 0 aliphatic carbocycles. The first kappa shape index (κ1) is 10.0. The molecule has 1 rings (SSSR count). The van der Waals surface area contributed by atoms with Gasteiger partial charge in [-0.15, -0.1) is 0 Å². The van der Waals surface area contributed by atoms with Crippen LogP contribution < -0.4 is 0 Å². The van der Waals surface area contributed by atoms with Gasteiger partial charge in [0.25, 0.3) is 0 Å². The molecule has 2 heteroatoms. The van der Waals surface area contributed by atoms with Crippen LogP contribution >= 0.6 is 0 Å². The molecule has 0 amide bonds. The lowest BCUT2D eigenvalue weighted by molar-refractivity contribution is -0.0867. The van der Waals surface area contributed by atoms with Gasteiger partial charge in [0, 0.05) is 5.92 Å². The predicted octanol–water partition coefficient (Wildman–Crippen LogP) is 2.58. The molecule has 0 spiro atoms. The molecule has 0 radical (unpaired) electrons. The second kappa shape index (κ2) is 5.55. The normalized spacial score (nSPS) is 21.5. The Balaban J connectivity index is 2.22. The van der Waals surface area contributed by atoms with Crippen molar-refractivity contribution in [3.63, 3.8) is 0 Å². The van der Waals surface area contributed by atoms with E-state index in [1.165, 1.54) is 25.7 Å². The van der Waals surface area contributed by atoms with Gasteiger partial charge in [0.2, 0.25) is 0 Å². The Hall–Kier alpha value is -0.0800. The molecule has 12 heavy (non-hydrogen) atoms. The van der Waals surface area contributed by atoms with Crippen LogP contribution in [0.1, 0.15) is 39.5 Å². The lowest BCUT2D eigenvalue weighted by Gasteiger charge is -2.20. The van der Waals surface area contributed by atoms with Gasteiger partial charge in [-0.25, -0.2) is 0 Å². The van der Waals surface area contributed by atoms with Crippen LogP contribution in [0.25, 0.3) is 0 Å². The fourth-order valence-corrected chi connectivity index (χ4v) is 1.65. The molecule has 0 aromatic rings. The molecule has 1 aliphatic rings. The van der Waals surface area contributed by atoms with E-state index in [0.29, 0.717) is 5.92 Å². The molecular formula is C10H20O2. The van der Waals surface area contributed by atoms with Gasteiger partial charge in [-0.3, -0.25) is 0 Å². The van der Waals surface area contributed by atoms with Crippen LogP contribution in [-0.4, -0.2) is 19.5 Å². The average molecular weight is 172 g/mol. The van der Waals surface area contributed by atoms with Gasteiger partial charge >= 0.3 is 0 Å². The molecule has 1 unspecified atom stereocenters. The highest BCUT2D eigenvalue weighted by Crippen LogP contribution is 2.22. The maximum absolute atomic E-state index is 5.48. The molecule has 1 saturated heterocycles. The zero-order valence-corrected chi connectivity index (χ0v) is 8.21. The number of rotatable bonds is 5. The third-order valence-electron chi connectivity index (χ3n) is 2.49. The van der Waals surface area contributed by atoms with Crippen molar-refractivity contribution < 1.29 is 9.47 Å². The minimum absolute atomic E-state index is 0.0987. The van der Waals surface area contributed by atoms with Crippen molar-refractivity contribution in [2.75, 3.05) is 13.2 Å². The van der Waals surface area contributed by atoms with E-state index in [1.807, 2.05) is 0 Å². The summed E-state index contributed by atoms with van der Waals surface area (Å²) in [6, 6.07) is 0. The Morgan fingerprint density at radius 3 is 2.42 bits per heavy atom. The van der Waals surface area contributed by atoms with Crippen molar-refractivity contribution in [2.45, 2.75) is 45.8 Å². The summed E-state index contributed by atoms with van der Waals surface area (Å²) in [5.74, 6) is 0.618. The molecule has 0 N–H and O–H groups in total. The maximum Gasteiger partial charge on any atom is 0.160 e. The number of hydrogen-bond donors (Lipinski definition) is 0. The predicted molar refractivity (Wildman–Crippen MR) is 49.0 cm³/mol. The summed E-state index contributed by atoms with van der Waals surface area (Å²) in [7, 11) is 0. The third-order valence-corrected chi connectivity index (χ3v) is 2.49. The summed E-state index contributed by atoms with van der Waals surface area (Å²) < 4.78 is 11.0. The van der Waals surface area contributed by atoms with Crippen LogP contribution in [0.3, 0.4) is 0 Å². The average Bonchev–Trinajstić information content (AvgIpc) is 2.59. The first-order valence-electron chi connectivity index (χ1n) is 5.11. The minimum atomic E-state index is 0.0987. The highest BCUT2D eigenvalue weighted by Gasteiger charge is 2.24. The zero-order valence-electron chi connectivity index (χ0n) is 8.21. The summed E-state index contributed by atoms with van der Waals surface area (Å²) in [4.78, 5) is 0. The van der Waals surface area contributed by atoms with E-state index in [2.05, 4.69) is 13.8 Å². The molecule has 0 saturated carbocycles.